The molecule has 1 amide bonds. The number of nitrogens with zero attached hydrogens (tertiary/aromatic N) is 4. The standard InChI is InChI=1S/C29H25F2N5O2S/c30-29(31)8-9-39-25-22(29)2-1-3-24(25)36(28(37)18-11-33-27(34-12-18)17-5-6-17)13-16-4-7-19-20-14-38-15-21(20)26(32)35-23(19)10-16/h1-4,7,10-12,17H,5-6,8-9,13-15H2,(H2,32,35). The van der Waals surface area contributed by atoms with E-state index < -0.39 is 5.92 Å². The molecule has 198 valence electrons. The summed E-state index contributed by atoms with van der Waals surface area (Å²) >= 11 is 1.35. The van der Waals surface area contributed by atoms with Crippen molar-refractivity contribution in [1.82, 2.24) is 15.0 Å². The van der Waals surface area contributed by atoms with Crippen LogP contribution in [0.1, 0.15) is 63.6 Å². The summed E-state index contributed by atoms with van der Waals surface area (Å²) in [6.45, 7) is 1.06. The summed E-state index contributed by atoms with van der Waals surface area (Å²) in [4.78, 5) is 29.4. The molecule has 7 rings (SSSR count). The van der Waals surface area contributed by atoms with Gasteiger partial charge in [0.05, 0.1) is 36.5 Å². The average Bonchev–Trinajstić information content (AvgIpc) is 3.67. The minimum absolute atomic E-state index is 0.0436. The number of nitrogen functional groups attached to an aromatic ring is 1. The number of hydrogen-bond acceptors (Lipinski definition) is 7. The van der Waals surface area contributed by atoms with Crippen molar-refractivity contribution in [2.24, 2.45) is 0 Å². The van der Waals surface area contributed by atoms with E-state index in [9.17, 15) is 13.6 Å². The molecule has 39 heavy (non-hydrogen) atoms. The van der Waals surface area contributed by atoms with Gasteiger partial charge in [0.25, 0.3) is 11.8 Å². The van der Waals surface area contributed by atoms with Gasteiger partial charge < -0.3 is 15.4 Å². The van der Waals surface area contributed by atoms with E-state index in [4.69, 9.17) is 10.5 Å². The zero-order chi connectivity index (χ0) is 26.7. The van der Waals surface area contributed by atoms with Gasteiger partial charge in [-0.1, -0.05) is 24.3 Å². The van der Waals surface area contributed by atoms with Gasteiger partial charge in [-0.25, -0.2) is 23.7 Å². The van der Waals surface area contributed by atoms with Crippen LogP contribution < -0.4 is 10.6 Å². The van der Waals surface area contributed by atoms with E-state index in [1.165, 1.54) is 17.8 Å². The first kappa shape index (κ1) is 24.4. The number of halogens is 2. The summed E-state index contributed by atoms with van der Waals surface area (Å²) in [5, 5.41) is 0.953. The number of fused-ring (bicyclic) bond motifs is 4. The van der Waals surface area contributed by atoms with Crippen LogP contribution in [-0.4, -0.2) is 26.6 Å². The molecule has 0 spiro atoms. The highest BCUT2D eigenvalue weighted by Crippen LogP contribution is 2.48. The normalized spacial score (nSPS) is 17.6. The first-order chi connectivity index (χ1) is 18.9. The van der Waals surface area contributed by atoms with Crippen molar-refractivity contribution < 1.29 is 18.3 Å². The van der Waals surface area contributed by atoms with Crippen LogP contribution in [0.5, 0.6) is 0 Å². The molecule has 2 aliphatic heterocycles. The zero-order valence-corrected chi connectivity index (χ0v) is 21.8. The van der Waals surface area contributed by atoms with E-state index in [2.05, 4.69) is 15.0 Å². The first-order valence-corrected chi connectivity index (χ1v) is 13.9. The average molecular weight is 546 g/mol. The van der Waals surface area contributed by atoms with Gasteiger partial charge in [-0.3, -0.25) is 4.79 Å². The largest absolute Gasteiger partial charge is 0.383 e. The van der Waals surface area contributed by atoms with Gasteiger partial charge in [-0.15, -0.1) is 11.8 Å². The van der Waals surface area contributed by atoms with Crippen LogP contribution in [-0.2, 0) is 30.4 Å². The third-order valence-corrected chi connectivity index (χ3v) is 8.71. The van der Waals surface area contributed by atoms with Crippen molar-refractivity contribution in [2.75, 3.05) is 16.4 Å². The number of nitrogens with two attached hydrogens (primary N) is 1. The molecule has 1 fully saturated rings. The lowest BCUT2D eigenvalue weighted by Crippen LogP contribution is -2.32. The summed E-state index contributed by atoms with van der Waals surface area (Å²) in [5.41, 5.74) is 10.4. The van der Waals surface area contributed by atoms with Crippen molar-refractivity contribution in [3.8, 4) is 0 Å². The van der Waals surface area contributed by atoms with Gasteiger partial charge in [-0.2, -0.15) is 0 Å². The molecule has 0 saturated heterocycles. The van der Waals surface area contributed by atoms with Crippen LogP contribution in [0.2, 0.25) is 0 Å². The van der Waals surface area contributed by atoms with E-state index in [0.717, 1.165) is 40.7 Å². The molecule has 0 atom stereocenters. The molecule has 0 bridgehead atoms. The Balaban J connectivity index is 1.31. The second kappa shape index (κ2) is 9.24. The Morgan fingerprint density at radius 2 is 1.92 bits per heavy atom. The number of thioether (sulfide) groups is 1. The molecule has 2 N–H and O–H groups in total. The van der Waals surface area contributed by atoms with Gasteiger partial charge in [-0.05, 0) is 36.1 Å². The number of ether oxygens (including phenoxy) is 1. The van der Waals surface area contributed by atoms with Crippen molar-refractivity contribution in [2.45, 2.75) is 55.8 Å². The number of pyridine rings is 1. The Hall–Kier alpha value is -3.63. The first-order valence-electron chi connectivity index (χ1n) is 12.9. The van der Waals surface area contributed by atoms with Crippen LogP contribution >= 0.6 is 11.8 Å². The lowest BCUT2D eigenvalue weighted by molar-refractivity contribution is -0.0115. The minimum atomic E-state index is -2.95. The predicted molar refractivity (Wildman–Crippen MR) is 145 cm³/mol. The summed E-state index contributed by atoms with van der Waals surface area (Å²) in [5.74, 6) is -1.51. The number of benzene rings is 2. The quantitative estimate of drug-likeness (QED) is 0.331. The lowest BCUT2D eigenvalue weighted by atomic mass is 10.0. The maximum absolute atomic E-state index is 14.9. The number of carbonyl (C=O) groups is 1. The highest BCUT2D eigenvalue weighted by molar-refractivity contribution is 7.99. The number of aromatic nitrogens is 3. The van der Waals surface area contributed by atoms with E-state index >= 15 is 0 Å². The van der Waals surface area contributed by atoms with Gasteiger partial charge in [0, 0.05) is 51.9 Å². The fourth-order valence-corrected chi connectivity index (χ4v) is 6.58. The topological polar surface area (TPSA) is 94.2 Å². The summed E-state index contributed by atoms with van der Waals surface area (Å²) in [6, 6.07) is 10.6. The monoisotopic (exact) mass is 545 g/mol. The van der Waals surface area contributed by atoms with E-state index in [0.29, 0.717) is 46.6 Å². The summed E-state index contributed by atoms with van der Waals surface area (Å²) < 4.78 is 35.3. The second-order valence-electron chi connectivity index (χ2n) is 10.3. The van der Waals surface area contributed by atoms with E-state index in [1.807, 2.05) is 18.2 Å². The molecule has 2 aromatic carbocycles. The second-order valence-corrected chi connectivity index (χ2v) is 11.4. The summed E-state index contributed by atoms with van der Waals surface area (Å²) in [7, 11) is 0. The van der Waals surface area contributed by atoms with Crippen molar-refractivity contribution in [1.29, 1.82) is 0 Å². The van der Waals surface area contributed by atoms with Crippen LogP contribution in [0.3, 0.4) is 0 Å². The third kappa shape index (κ3) is 4.31. The van der Waals surface area contributed by atoms with Crippen LogP contribution in [0.25, 0.3) is 10.9 Å². The van der Waals surface area contributed by atoms with Crippen LogP contribution in [0.4, 0.5) is 20.3 Å². The number of amides is 1. The highest BCUT2D eigenvalue weighted by Gasteiger charge is 2.39. The summed E-state index contributed by atoms with van der Waals surface area (Å²) in [6.07, 6.45) is 4.95. The number of hydrogen-bond donors (Lipinski definition) is 1. The molecule has 4 aromatic rings. The fraction of sp³-hybridized carbons (Fsp3) is 0.310. The van der Waals surface area contributed by atoms with Gasteiger partial charge >= 0.3 is 0 Å². The Bertz CT molecular complexity index is 1620. The maximum atomic E-state index is 14.9. The highest BCUT2D eigenvalue weighted by atomic mass is 32.2. The molecular formula is C29H25F2N5O2S. The van der Waals surface area contributed by atoms with Crippen molar-refractivity contribution in [3.05, 3.63) is 82.4 Å². The SMILES string of the molecule is Nc1nc2cc(CN(C(=O)c3cnc(C4CC4)nc3)c3cccc4c3SCCC4(F)F)ccc2c2c1COC2. The van der Waals surface area contributed by atoms with Gasteiger partial charge in [0.15, 0.2) is 0 Å². The third-order valence-electron chi connectivity index (χ3n) is 7.58. The molecule has 4 heterocycles. The van der Waals surface area contributed by atoms with Crippen molar-refractivity contribution >= 4 is 40.1 Å². The van der Waals surface area contributed by atoms with Crippen LogP contribution in [0, 0.1) is 0 Å². The van der Waals surface area contributed by atoms with Gasteiger partial charge in [0.2, 0.25) is 0 Å². The molecule has 7 nitrogen and oxygen atoms in total. The molecule has 0 unspecified atom stereocenters. The van der Waals surface area contributed by atoms with Crippen molar-refractivity contribution in [3.63, 3.8) is 0 Å². The number of rotatable bonds is 5. The molecule has 1 aliphatic carbocycles. The molecule has 2 aromatic heterocycles. The Kier molecular flexibility index (Phi) is 5.78. The zero-order valence-electron chi connectivity index (χ0n) is 21.0. The van der Waals surface area contributed by atoms with E-state index in [-0.39, 0.29) is 30.2 Å². The predicted octanol–water partition coefficient (Wildman–Crippen LogP) is 5.95. The van der Waals surface area contributed by atoms with E-state index in [1.54, 1.807) is 29.4 Å². The number of carbonyl (C=O) groups excluding carboxylic acids is 1. The minimum Gasteiger partial charge on any atom is -0.383 e. The fourth-order valence-electron chi connectivity index (χ4n) is 5.32. The maximum Gasteiger partial charge on any atom is 0.275 e. The van der Waals surface area contributed by atoms with Crippen LogP contribution in [0.15, 0.2) is 53.7 Å². The lowest BCUT2D eigenvalue weighted by Gasteiger charge is -2.31. The molecular weight excluding hydrogens is 520 g/mol. The molecule has 0 radical (unpaired) electrons. The molecule has 3 aliphatic rings. The van der Waals surface area contributed by atoms with Gasteiger partial charge in [0.1, 0.15) is 11.6 Å². The number of alkyl halides is 2. The molecule has 10 heteroatoms. The Morgan fingerprint density at radius 3 is 2.72 bits per heavy atom. The number of anilines is 2. The smallest absolute Gasteiger partial charge is 0.275 e. The Morgan fingerprint density at radius 1 is 1.13 bits per heavy atom. The molecule has 1 saturated carbocycles. The Labute approximate surface area is 227 Å².